The Hall–Kier alpha value is -3.62. The Morgan fingerprint density at radius 1 is 1.05 bits per heavy atom. The van der Waals surface area contributed by atoms with Gasteiger partial charge in [0.2, 0.25) is 11.8 Å². The summed E-state index contributed by atoms with van der Waals surface area (Å²) in [6.45, 7) is 4.79. The molecule has 1 fully saturated rings. The van der Waals surface area contributed by atoms with Gasteiger partial charge in [0.25, 0.3) is 0 Å². The lowest BCUT2D eigenvalue weighted by molar-refractivity contribution is -0.145. The van der Waals surface area contributed by atoms with Crippen molar-refractivity contribution in [2.75, 3.05) is 20.8 Å². The Bertz CT molecular complexity index is 1230. The van der Waals surface area contributed by atoms with E-state index in [2.05, 4.69) is 29.5 Å². The summed E-state index contributed by atoms with van der Waals surface area (Å²) in [7, 11) is 3.15. The van der Waals surface area contributed by atoms with Gasteiger partial charge >= 0.3 is 0 Å². The number of para-hydroxylation sites is 1. The van der Waals surface area contributed by atoms with Gasteiger partial charge in [-0.15, -0.1) is 5.10 Å². The van der Waals surface area contributed by atoms with Crippen molar-refractivity contribution in [1.82, 2.24) is 25.2 Å². The van der Waals surface area contributed by atoms with Crippen molar-refractivity contribution in [2.24, 2.45) is 5.92 Å². The lowest BCUT2D eigenvalue weighted by atomic mass is 9.91. The summed E-state index contributed by atoms with van der Waals surface area (Å²) < 4.78 is 12.6. The quantitative estimate of drug-likeness (QED) is 0.399. The Morgan fingerprint density at radius 3 is 2.50 bits per heavy atom. The molecule has 0 spiro atoms. The molecule has 1 N–H and O–H groups in total. The van der Waals surface area contributed by atoms with Crippen molar-refractivity contribution < 1.29 is 19.1 Å². The molecule has 0 radical (unpaired) electrons. The van der Waals surface area contributed by atoms with Crippen molar-refractivity contribution in [3.63, 3.8) is 0 Å². The molecule has 1 heterocycles. The molecule has 38 heavy (non-hydrogen) atoms. The van der Waals surface area contributed by atoms with Crippen molar-refractivity contribution in [2.45, 2.75) is 71.0 Å². The Morgan fingerprint density at radius 2 is 1.79 bits per heavy atom. The van der Waals surface area contributed by atoms with Crippen molar-refractivity contribution >= 4 is 22.8 Å². The van der Waals surface area contributed by atoms with Crippen LogP contribution in [-0.2, 0) is 16.1 Å². The van der Waals surface area contributed by atoms with Crippen LogP contribution < -0.4 is 14.8 Å². The Kier molecular flexibility index (Phi) is 9.20. The number of hydrogen-bond acceptors (Lipinski definition) is 6. The monoisotopic (exact) mass is 521 g/mol. The van der Waals surface area contributed by atoms with Crippen LogP contribution >= 0.6 is 0 Å². The number of carbonyl (C=O) groups excluding carboxylic acids is 2. The second-order valence-electron chi connectivity index (χ2n) is 10.3. The van der Waals surface area contributed by atoms with Gasteiger partial charge in [-0.1, -0.05) is 56.5 Å². The second-order valence-corrected chi connectivity index (χ2v) is 10.3. The van der Waals surface area contributed by atoms with Gasteiger partial charge in [0.15, 0.2) is 11.5 Å². The average Bonchev–Trinajstić information content (AvgIpc) is 3.34. The zero-order valence-electron chi connectivity index (χ0n) is 22.9. The smallest absolute Gasteiger partial charge is 0.247 e. The minimum Gasteiger partial charge on any atom is -0.493 e. The first-order valence-electron chi connectivity index (χ1n) is 13.5. The van der Waals surface area contributed by atoms with Gasteiger partial charge < -0.3 is 19.7 Å². The zero-order valence-corrected chi connectivity index (χ0v) is 22.9. The van der Waals surface area contributed by atoms with Crippen molar-refractivity contribution in [3.8, 4) is 11.5 Å². The number of nitrogens with one attached hydrogen (secondary N) is 1. The minimum absolute atomic E-state index is 0.0000764. The third kappa shape index (κ3) is 6.26. The minimum atomic E-state index is -0.813. The molecule has 1 aromatic heterocycles. The van der Waals surface area contributed by atoms with E-state index in [0.717, 1.165) is 49.6 Å². The molecule has 204 valence electrons. The third-order valence-electron chi connectivity index (χ3n) is 7.23. The van der Waals surface area contributed by atoms with Crippen LogP contribution in [0.15, 0.2) is 42.5 Å². The summed E-state index contributed by atoms with van der Waals surface area (Å²) in [6.07, 6.45) is 5.74. The van der Waals surface area contributed by atoms with Crippen LogP contribution in [0.3, 0.4) is 0 Å². The summed E-state index contributed by atoms with van der Waals surface area (Å²) in [5, 5.41) is 11.6. The first-order valence-corrected chi connectivity index (χ1v) is 13.5. The summed E-state index contributed by atoms with van der Waals surface area (Å²) in [5.41, 5.74) is 2.20. The second kappa shape index (κ2) is 12.8. The largest absolute Gasteiger partial charge is 0.493 e. The molecule has 0 unspecified atom stereocenters. The van der Waals surface area contributed by atoms with Gasteiger partial charge in [-0.2, -0.15) is 0 Å². The fourth-order valence-electron chi connectivity index (χ4n) is 5.20. The number of aromatic nitrogens is 3. The molecule has 9 heteroatoms. The van der Waals surface area contributed by atoms with E-state index in [1.807, 2.05) is 30.3 Å². The lowest BCUT2D eigenvalue weighted by Crippen LogP contribution is -2.50. The molecule has 3 aromatic rings. The highest BCUT2D eigenvalue weighted by Gasteiger charge is 2.37. The number of methoxy groups -OCH3 is 2. The number of carbonyl (C=O) groups is 2. The number of nitrogens with zero attached hydrogens (tertiary/aromatic N) is 4. The lowest BCUT2D eigenvalue weighted by Gasteiger charge is -2.39. The molecular formula is C29H39N5O4. The highest BCUT2D eigenvalue weighted by molar-refractivity contribution is 5.89. The molecule has 1 atom stereocenters. The Balaban J connectivity index is 1.74. The van der Waals surface area contributed by atoms with E-state index in [-0.39, 0.29) is 24.4 Å². The van der Waals surface area contributed by atoms with E-state index >= 15 is 0 Å². The van der Waals surface area contributed by atoms with E-state index in [0.29, 0.717) is 29.5 Å². The fraction of sp³-hybridized carbons (Fsp3) is 0.517. The van der Waals surface area contributed by atoms with Gasteiger partial charge in [0.1, 0.15) is 18.1 Å². The summed E-state index contributed by atoms with van der Waals surface area (Å²) in [4.78, 5) is 29.8. The van der Waals surface area contributed by atoms with E-state index in [4.69, 9.17) is 9.47 Å². The summed E-state index contributed by atoms with van der Waals surface area (Å²) in [5.74, 6) is 1.18. The fourth-order valence-corrected chi connectivity index (χ4v) is 5.20. The molecule has 0 aliphatic heterocycles. The molecular weight excluding hydrogens is 482 g/mol. The summed E-state index contributed by atoms with van der Waals surface area (Å²) >= 11 is 0. The number of amides is 2. The first kappa shape index (κ1) is 27.4. The SMILES string of the molecule is COc1ccc([C@@H](C(=O)NCCC(C)C)N(C(=O)Cn2nnc3ccccc32)C2CCCCC2)cc1OC. The number of benzene rings is 2. The average molecular weight is 522 g/mol. The molecule has 1 aliphatic carbocycles. The zero-order chi connectivity index (χ0) is 27.1. The van der Waals surface area contributed by atoms with Crippen LogP contribution in [-0.4, -0.2) is 58.5 Å². The standard InChI is InChI=1S/C29H39N5O4/c1-20(2)16-17-30-29(36)28(21-14-15-25(37-3)26(18-21)38-4)34(22-10-6-5-7-11-22)27(35)19-33-24-13-9-8-12-23(24)31-32-33/h8-9,12-15,18,20,22,28H,5-7,10-11,16-17,19H2,1-4H3,(H,30,36)/t28-/m0/s1. The van der Waals surface area contributed by atoms with Crippen LogP contribution in [0, 0.1) is 5.92 Å². The number of rotatable bonds is 11. The maximum absolute atomic E-state index is 14.1. The predicted octanol–water partition coefficient (Wildman–Crippen LogP) is 4.51. The van der Waals surface area contributed by atoms with E-state index in [1.165, 1.54) is 0 Å². The third-order valence-corrected chi connectivity index (χ3v) is 7.23. The van der Waals surface area contributed by atoms with E-state index in [1.54, 1.807) is 35.9 Å². The molecule has 2 amide bonds. The predicted molar refractivity (Wildman–Crippen MR) is 146 cm³/mol. The van der Waals surface area contributed by atoms with Crippen molar-refractivity contribution in [1.29, 1.82) is 0 Å². The summed E-state index contributed by atoms with van der Waals surface area (Å²) in [6, 6.07) is 12.1. The van der Waals surface area contributed by atoms with Gasteiger partial charge in [-0.25, -0.2) is 4.68 Å². The maximum Gasteiger partial charge on any atom is 0.247 e. The topological polar surface area (TPSA) is 98.6 Å². The van der Waals surface area contributed by atoms with Crippen LogP contribution in [0.25, 0.3) is 11.0 Å². The van der Waals surface area contributed by atoms with Crippen molar-refractivity contribution in [3.05, 3.63) is 48.0 Å². The molecule has 1 aliphatic rings. The number of hydrogen-bond donors (Lipinski definition) is 1. The maximum atomic E-state index is 14.1. The van der Waals surface area contributed by atoms with Crippen LogP contribution in [0.2, 0.25) is 0 Å². The molecule has 0 saturated heterocycles. The molecule has 9 nitrogen and oxygen atoms in total. The molecule has 4 rings (SSSR count). The molecule has 0 bridgehead atoms. The number of ether oxygens (including phenoxy) is 2. The van der Waals surface area contributed by atoms with Gasteiger partial charge in [0.05, 0.1) is 19.7 Å². The Labute approximate surface area is 224 Å². The highest BCUT2D eigenvalue weighted by atomic mass is 16.5. The van der Waals surface area contributed by atoms with Crippen LogP contribution in [0.1, 0.15) is 64.0 Å². The number of fused-ring (bicyclic) bond motifs is 1. The van der Waals surface area contributed by atoms with E-state index < -0.39 is 6.04 Å². The molecule has 1 saturated carbocycles. The van der Waals surface area contributed by atoms with Crippen LogP contribution in [0.5, 0.6) is 11.5 Å². The van der Waals surface area contributed by atoms with Gasteiger partial charge in [-0.3, -0.25) is 9.59 Å². The van der Waals surface area contributed by atoms with Gasteiger partial charge in [-0.05, 0) is 55.0 Å². The molecule has 2 aromatic carbocycles. The highest BCUT2D eigenvalue weighted by Crippen LogP contribution is 2.36. The van der Waals surface area contributed by atoms with Gasteiger partial charge in [0, 0.05) is 12.6 Å². The normalized spacial score (nSPS) is 14.9. The first-order chi connectivity index (χ1) is 18.4. The van der Waals surface area contributed by atoms with E-state index in [9.17, 15) is 9.59 Å². The van der Waals surface area contributed by atoms with Crippen LogP contribution in [0.4, 0.5) is 0 Å².